The van der Waals surface area contributed by atoms with Gasteiger partial charge in [0.05, 0.1) is 10.7 Å². The van der Waals surface area contributed by atoms with Crippen molar-refractivity contribution in [1.82, 2.24) is 0 Å². The van der Waals surface area contributed by atoms with Gasteiger partial charge in [0.25, 0.3) is 0 Å². The fourth-order valence-electron chi connectivity index (χ4n) is 3.17. The minimum Gasteiger partial charge on any atom is -0.493 e. The first-order chi connectivity index (χ1) is 15.4. The SMILES string of the molecule is COc1cc(/C=C2\N=C(c3ccc(Br)cc3)OC2=O)cc(I)c1OCc1ccccc1C. The topological polar surface area (TPSA) is 57.1 Å². The number of carbonyl (C=O) groups excluding carboxylic acids is 1. The van der Waals surface area contributed by atoms with Crippen molar-refractivity contribution >= 4 is 56.5 Å². The molecular formula is C25H19BrINO4. The number of aryl methyl sites for hydroxylation is 1. The highest BCUT2D eigenvalue weighted by Crippen LogP contribution is 2.35. The molecule has 5 nitrogen and oxygen atoms in total. The van der Waals surface area contributed by atoms with Gasteiger partial charge in [0.1, 0.15) is 6.61 Å². The number of esters is 1. The number of hydrogen-bond donors (Lipinski definition) is 0. The molecule has 1 aliphatic rings. The lowest BCUT2D eigenvalue weighted by Crippen LogP contribution is -2.05. The van der Waals surface area contributed by atoms with E-state index in [4.69, 9.17) is 14.2 Å². The Kier molecular flexibility index (Phi) is 6.95. The quantitative estimate of drug-likeness (QED) is 0.189. The van der Waals surface area contributed by atoms with Crippen LogP contribution in [0.5, 0.6) is 11.5 Å². The molecule has 0 saturated carbocycles. The lowest BCUT2D eigenvalue weighted by atomic mass is 10.1. The van der Waals surface area contributed by atoms with Crippen molar-refractivity contribution in [3.05, 3.63) is 96.7 Å². The summed E-state index contributed by atoms with van der Waals surface area (Å²) in [6.07, 6.45) is 1.68. The number of hydrogen-bond acceptors (Lipinski definition) is 5. The monoisotopic (exact) mass is 603 g/mol. The van der Waals surface area contributed by atoms with Gasteiger partial charge in [0.15, 0.2) is 17.2 Å². The van der Waals surface area contributed by atoms with E-state index in [1.165, 1.54) is 5.56 Å². The summed E-state index contributed by atoms with van der Waals surface area (Å²) in [6.45, 7) is 2.49. The molecule has 1 heterocycles. The maximum atomic E-state index is 12.4. The third kappa shape index (κ3) is 5.05. The number of cyclic esters (lactones) is 1. The highest BCUT2D eigenvalue weighted by Gasteiger charge is 2.24. The van der Waals surface area contributed by atoms with Crippen LogP contribution < -0.4 is 9.47 Å². The fourth-order valence-corrected chi connectivity index (χ4v) is 4.21. The molecule has 32 heavy (non-hydrogen) atoms. The maximum Gasteiger partial charge on any atom is 0.363 e. The molecule has 0 unspecified atom stereocenters. The van der Waals surface area contributed by atoms with Gasteiger partial charge in [-0.05, 0) is 88.7 Å². The minimum absolute atomic E-state index is 0.231. The Labute approximate surface area is 208 Å². The van der Waals surface area contributed by atoms with Crippen LogP contribution in [0.25, 0.3) is 6.08 Å². The smallest absolute Gasteiger partial charge is 0.363 e. The summed E-state index contributed by atoms with van der Waals surface area (Å²) in [7, 11) is 1.59. The first-order valence-corrected chi connectivity index (χ1v) is 11.6. The number of rotatable bonds is 6. The maximum absolute atomic E-state index is 12.4. The summed E-state index contributed by atoms with van der Waals surface area (Å²) >= 11 is 5.60. The Morgan fingerprint density at radius 3 is 2.59 bits per heavy atom. The lowest BCUT2D eigenvalue weighted by molar-refractivity contribution is -0.129. The molecule has 0 atom stereocenters. The molecule has 0 aliphatic carbocycles. The fraction of sp³-hybridized carbons (Fsp3) is 0.120. The van der Waals surface area contributed by atoms with E-state index < -0.39 is 5.97 Å². The summed E-state index contributed by atoms with van der Waals surface area (Å²) in [6, 6.07) is 19.3. The zero-order valence-electron chi connectivity index (χ0n) is 17.4. The van der Waals surface area contributed by atoms with Crippen LogP contribution in [-0.2, 0) is 16.1 Å². The molecule has 0 saturated heterocycles. The van der Waals surface area contributed by atoms with Crippen LogP contribution in [0, 0.1) is 10.5 Å². The van der Waals surface area contributed by atoms with Gasteiger partial charge >= 0.3 is 5.97 Å². The Bertz CT molecular complexity index is 1240. The number of ether oxygens (including phenoxy) is 3. The van der Waals surface area contributed by atoms with E-state index in [9.17, 15) is 4.79 Å². The lowest BCUT2D eigenvalue weighted by Gasteiger charge is -2.14. The molecule has 3 aromatic rings. The number of halogens is 2. The average Bonchev–Trinajstić information content (AvgIpc) is 3.14. The normalized spacial score (nSPS) is 14.3. The van der Waals surface area contributed by atoms with Crippen molar-refractivity contribution in [2.75, 3.05) is 7.11 Å². The number of benzene rings is 3. The highest BCUT2D eigenvalue weighted by molar-refractivity contribution is 14.1. The van der Waals surface area contributed by atoms with Gasteiger partial charge in [-0.15, -0.1) is 0 Å². The van der Waals surface area contributed by atoms with Gasteiger partial charge in [-0.3, -0.25) is 0 Å². The summed E-state index contributed by atoms with van der Waals surface area (Å²) in [5, 5.41) is 0. The largest absolute Gasteiger partial charge is 0.493 e. The van der Waals surface area contributed by atoms with Gasteiger partial charge in [-0.2, -0.15) is 0 Å². The van der Waals surface area contributed by atoms with Crippen LogP contribution >= 0.6 is 38.5 Å². The van der Waals surface area contributed by atoms with Crippen molar-refractivity contribution in [2.24, 2.45) is 4.99 Å². The van der Waals surface area contributed by atoms with Gasteiger partial charge in [-0.25, -0.2) is 9.79 Å². The predicted octanol–water partition coefficient (Wildman–Crippen LogP) is 6.29. The van der Waals surface area contributed by atoms with Gasteiger partial charge in [0.2, 0.25) is 5.90 Å². The number of nitrogens with zero attached hydrogens (tertiary/aromatic N) is 1. The van der Waals surface area contributed by atoms with Crippen molar-refractivity contribution in [2.45, 2.75) is 13.5 Å². The van der Waals surface area contributed by atoms with Crippen molar-refractivity contribution in [3.63, 3.8) is 0 Å². The van der Waals surface area contributed by atoms with Crippen molar-refractivity contribution in [3.8, 4) is 11.5 Å². The molecule has 0 spiro atoms. The highest BCUT2D eigenvalue weighted by atomic mass is 127. The van der Waals surface area contributed by atoms with E-state index in [-0.39, 0.29) is 11.6 Å². The summed E-state index contributed by atoms with van der Waals surface area (Å²) in [5.74, 6) is 1.04. The molecule has 0 radical (unpaired) electrons. The van der Waals surface area contributed by atoms with E-state index >= 15 is 0 Å². The van der Waals surface area contributed by atoms with Crippen LogP contribution in [0.2, 0.25) is 0 Å². The van der Waals surface area contributed by atoms with Crippen molar-refractivity contribution in [1.29, 1.82) is 0 Å². The first-order valence-electron chi connectivity index (χ1n) is 9.78. The van der Waals surface area contributed by atoms with E-state index in [1.807, 2.05) is 54.6 Å². The molecule has 0 aromatic heterocycles. The summed E-state index contributed by atoms with van der Waals surface area (Å²) in [4.78, 5) is 16.7. The molecule has 7 heteroatoms. The number of aliphatic imine (C=N–C) groups is 1. The van der Waals surface area contributed by atoms with Crippen LogP contribution in [0.15, 0.2) is 75.8 Å². The molecule has 0 fully saturated rings. The predicted molar refractivity (Wildman–Crippen MR) is 136 cm³/mol. The second-order valence-corrected chi connectivity index (χ2v) is 9.17. The number of carbonyl (C=O) groups is 1. The van der Waals surface area contributed by atoms with Gasteiger partial charge in [0, 0.05) is 10.0 Å². The average molecular weight is 604 g/mol. The van der Waals surface area contributed by atoms with Crippen LogP contribution in [0.1, 0.15) is 22.3 Å². The molecule has 0 bridgehead atoms. The zero-order chi connectivity index (χ0) is 22.7. The van der Waals surface area contributed by atoms with Crippen molar-refractivity contribution < 1.29 is 19.0 Å². The first kappa shape index (κ1) is 22.5. The molecule has 4 rings (SSSR count). The van der Waals surface area contributed by atoms with E-state index in [2.05, 4.69) is 56.5 Å². The third-order valence-corrected chi connectivity index (χ3v) is 6.23. The molecule has 1 aliphatic heterocycles. The molecule has 0 N–H and O–H groups in total. The Morgan fingerprint density at radius 1 is 1.12 bits per heavy atom. The standard InChI is InChI=1S/C25H19BrINO4/c1-15-5-3-4-6-18(15)14-31-23-20(27)11-16(13-22(23)30-2)12-21-25(29)32-24(28-21)17-7-9-19(26)10-8-17/h3-13H,14H2,1-2H3/b21-12-. The Morgan fingerprint density at radius 2 is 1.88 bits per heavy atom. The Hall–Kier alpha value is -2.65. The number of methoxy groups -OCH3 is 1. The molecule has 3 aromatic carbocycles. The second-order valence-electron chi connectivity index (χ2n) is 7.09. The van der Waals surface area contributed by atoms with Crippen LogP contribution in [0.3, 0.4) is 0 Å². The molecule has 162 valence electrons. The zero-order valence-corrected chi connectivity index (χ0v) is 21.1. The Balaban J connectivity index is 1.59. The molecular weight excluding hydrogens is 585 g/mol. The van der Waals surface area contributed by atoms with Gasteiger partial charge < -0.3 is 14.2 Å². The summed E-state index contributed by atoms with van der Waals surface area (Å²) in [5.41, 5.74) is 4.01. The third-order valence-electron chi connectivity index (χ3n) is 4.90. The van der Waals surface area contributed by atoms with E-state index in [0.29, 0.717) is 18.1 Å². The van der Waals surface area contributed by atoms with E-state index in [1.54, 1.807) is 13.2 Å². The van der Waals surface area contributed by atoms with Gasteiger partial charge in [-0.1, -0.05) is 40.2 Å². The second kappa shape index (κ2) is 9.87. The van der Waals surface area contributed by atoms with E-state index in [0.717, 1.165) is 24.7 Å². The van der Waals surface area contributed by atoms with Crippen LogP contribution in [0.4, 0.5) is 0 Å². The minimum atomic E-state index is -0.489. The molecule has 0 amide bonds. The summed E-state index contributed by atoms with van der Waals surface area (Å²) < 4.78 is 18.8. The van der Waals surface area contributed by atoms with Crippen LogP contribution in [-0.4, -0.2) is 19.0 Å².